The first kappa shape index (κ1) is 26.3. The molecule has 4 aromatic rings. The van der Waals surface area contributed by atoms with Crippen molar-refractivity contribution in [2.75, 3.05) is 6.61 Å². The summed E-state index contributed by atoms with van der Waals surface area (Å²) in [7, 11) is 0. The lowest BCUT2D eigenvalue weighted by Crippen LogP contribution is -2.39. The lowest BCUT2D eigenvalue weighted by molar-refractivity contribution is 0.161. The van der Waals surface area contributed by atoms with Crippen LogP contribution in [-0.2, 0) is 12.1 Å². The van der Waals surface area contributed by atoms with E-state index in [4.69, 9.17) is 16.3 Å². The number of nitrogens with zero attached hydrogens (tertiary/aromatic N) is 5. The highest BCUT2D eigenvalue weighted by molar-refractivity contribution is 6.31. The van der Waals surface area contributed by atoms with Crippen molar-refractivity contribution in [2.45, 2.75) is 46.8 Å². The molecular weight excluding hydrogens is 501 g/mol. The van der Waals surface area contributed by atoms with E-state index in [2.05, 4.69) is 9.97 Å². The molecule has 4 rings (SSSR count). The summed E-state index contributed by atoms with van der Waals surface area (Å²) in [5, 5.41) is 9.47. The summed E-state index contributed by atoms with van der Waals surface area (Å²) >= 11 is 6.39. The van der Waals surface area contributed by atoms with Gasteiger partial charge in [0, 0.05) is 42.6 Å². The minimum Gasteiger partial charge on any atom is -0.485 e. The molecule has 0 atom stereocenters. The summed E-state index contributed by atoms with van der Waals surface area (Å²) in [6.07, 6.45) is 6.22. The Bertz CT molecular complexity index is 1610. The van der Waals surface area contributed by atoms with Gasteiger partial charge in [-0.25, -0.2) is 14.2 Å². The number of aliphatic hydroxyl groups is 1. The van der Waals surface area contributed by atoms with Gasteiger partial charge in [0.1, 0.15) is 34.7 Å². The first-order valence-electron chi connectivity index (χ1n) is 11.5. The van der Waals surface area contributed by atoms with Gasteiger partial charge in [-0.15, -0.1) is 0 Å². The van der Waals surface area contributed by atoms with Crippen molar-refractivity contribution in [1.29, 1.82) is 0 Å². The van der Waals surface area contributed by atoms with E-state index in [1.807, 2.05) is 0 Å². The summed E-state index contributed by atoms with van der Waals surface area (Å²) in [6, 6.07) is 4.55. The fourth-order valence-electron chi connectivity index (χ4n) is 3.86. The molecule has 37 heavy (non-hydrogen) atoms. The van der Waals surface area contributed by atoms with Crippen LogP contribution >= 0.6 is 11.6 Å². The Morgan fingerprint density at radius 3 is 2.49 bits per heavy atom. The minimum absolute atomic E-state index is 0.0971. The van der Waals surface area contributed by atoms with E-state index in [0.717, 1.165) is 0 Å². The second-order valence-corrected chi connectivity index (χ2v) is 9.83. The van der Waals surface area contributed by atoms with Crippen LogP contribution in [0.2, 0.25) is 5.02 Å². The monoisotopic (exact) mass is 527 g/mol. The van der Waals surface area contributed by atoms with Crippen molar-refractivity contribution in [3.8, 4) is 17.3 Å². The van der Waals surface area contributed by atoms with Crippen molar-refractivity contribution < 1.29 is 14.2 Å². The van der Waals surface area contributed by atoms with E-state index in [-0.39, 0.29) is 35.4 Å². The maximum absolute atomic E-state index is 14.2. The molecule has 0 radical (unpaired) electrons. The van der Waals surface area contributed by atoms with Crippen LogP contribution in [0.5, 0.6) is 5.75 Å². The lowest BCUT2D eigenvalue weighted by atomic mass is 10.1. The Hall–Kier alpha value is -3.76. The standard InChI is InChI=1S/C26H27ClFN5O4/c1-15-8-18(28)19(29-11-15)13-37-21-9-17(3)33(24(35)23(21)27)20-10-22(30-12-16(20)2)31-6-7-32(25(31)36)26(4,5)14-34/h6-12,34H,13-14H2,1-5H3. The maximum atomic E-state index is 14.2. The number of aliphatic hydroxyl groups excluding tert-OH is 1. The topological polar surface area (TPSA) is 104 Å². The third kappa shape index (κ3) is 4.94. The van der Waals surface area contributed by atoms with Gasteiger partial charge >= 0.3 is 5.69 Å². The molecule has 0 aliphatic rings. The Labute approximate surface area is 217 Å². The van der Waals surface area contributed by atoms with Gasteiger partial charge in [0.25, 0.3) is 5.56 Å². The van der Waals surface area contributed by atoms with Crippen LogP contribution in [0.25, 0.3) is 11.5 Å². The molecule has 0 unspecified atom stereocenters. The quantitative estimate of drug-likeness (QED) is 0.394. The lowest BCUT2D eigenvalue weighted by Gasteiger charge is -2.22. The highest BCUT2D eigenvalue weighted by Crippen LogP contribution is 2.26. The Morgan fingerprint density at radius 2 is 1.81 bits per heavy atom. The number of aryl methyl sites for hydroxylation is 3. The average Bonchev–Trinajstić information content (AvgIpc) is 3.24. The number of rotatable bonds is 7. The molecule has 0 spiro atoms. The van der Waals surface area contributed by atoms with Crippen molar-refractivity contribution in [1.82, 2.24) is 23.7 Å². The predicted molar refractivity (Wildman–Crippen MR) is 138 cm³/mol. The molecular formula is C26H27ClFN5O4. The molecule has 4 heterocycles. The van der Waals surface area contributed by atoms with Gasteiger partial charge < -0.3 is 9.84 Å². The maximum Gasteiger partial charge on any atom is 0.334 e. The summed E-state index contributed by atoms with van der Waals surface area (Å²) in [5.41, 5.74) is 0.712. The smallest absolute Gasteiger partial charge is 0.334 e. The van der Waals surface area contributed by atoms with Gasteiger partial charge in [0.2, 0.25) is 0 Å². The van der Waals surface area contributed by atoms with Crippen LogP contribution in [0.1, 0.15) is 36.4 Å². The van der Waals surface area contributed by atoms with E-state index in [0.29, 0.717) is 28.3 Å². The molecule has 11 heteroatoms. The van der Waals surface area contributed by atoms with Gasteiger partial charge in [0.15, 0.2) is 0 Å². The van der Waals surface area contributed by atoms with Crippen LogP contribution in [0.4, 0.5) is 4.39 Å². The van der Waals surface area contributed by atoms with Crippen LogP contribution in [-0.4, -0.2) is 35.4 Å². The molecule has 0 aliphatic carbocycles. The number of imidazole rings is 1. The Morgan fingerprint density at radius 1 is 1.08 bits per heavy atom. The minimum atomic E-state index is -0.802. The van der Waals surface area contributed by atoms with Gasteiger partial charge in [0.05, 0.1) is 17.8 Å². The van der Waals surface area contributed by atoms with E-state index in [9.17, 15) is 19.1 Å². The van der Waals surface area contributed by atoms with Crippen LogP contribution in [0, 0.1) is 26.6 Å². The van der Waals surface area contributed by atoms with Crippen LogP contribution < -0.4 is 16.0 Å². The highest BCUT2D eigenvalue weighted by Gasteiger charge is 2.23. The molecule has 4 aromatic heterocycles. The van der Waals surface area contributed by atoms with Gasteiger partial charge in [-0.1, -0.05) is 11.6 Å². The van der Waals surface area contributed by atoms with Gasteiger partial charge in [-0.3, -0.25) is 23.5 Å². The summed E-state index contributed by atoms with van der Waals surface area (Å²) in [4.78, 5) is 34.7. The number of aromatic nitrogens is 5. The zero-order valence-corrected chi connectivity index (χ0v) is 21.9. The second-order valence-electron chi connectivity index (χ2n) is 9.45. The molecule has 1 N–H and O–H groups in total. The molecule has 0 amide bonds. The summed E-state index contributed by atoms with van der Waals surface area (Å²) < 4.78 is 24.0. The Balaban J connectivity index is 1.73. The van der Waals surface area contributed by atoms with E-state index < -0.39 is 16.9 Å². The molecule has 9 nitrogen and oxygen atoms in total. The highest BCUT2D eigenvalue weighted by atomic mass is 35.5. The van der Waals surface area contributed by atoms with Crippen molar-refractivity contribution in [2.24, 2.45) is 0 Å². The Kier molecular flexibility index (Phi) is 7.07. The van der Waals surface area contributed by atoms with E-state index in [1.54, 1.807) is 65.3 Å². The predicted octanol–water partition coefficient (Wildman–Crippen LogP) is 3.60. The van der Waals surface area contributed by atoms with Crippen LogP contribution in [0.15, 0.2) is 52.6 Å². The van der Waals surface area contributed by atoms with Gasteiger partial charge in [-0.2, -0.15) is 0 Å². The van der Waals surface area contributed by atoms with E-state index >= 15 is 0 Å². The van der Waals surface area contributed by atoms with E-state index in [1.165, 1.54) is 26.0 Å². The van der Waals surface area contributed by atoms with Gasteiger partial charge in [-0.05, 0) is 51.8 Å². The molecule has 0 saturated carbocycles. The number of pyridine rings is 3. The molecule has 0 bridgehead atoms. The normalized spacial score (nSPS) is 11.7. The number of halogens is 2. The number of ether oxygens (including phenoxy) is 1. The zero-order valence-electron chi connectivity index (χ0n) is 21.1. The van der Waals surface area contributed by atoms with Crippen LogP contribution in [0.3, 0.4) is 0 Å². The summed E-state index contributed by atoms with van der Waals surface area (Å²) in [6.45, 7) is 8.28. The SMILES string of the molecule is Cc1cnc(COc2cc(C)n(-c3cc(-n4ccn(C(C)(C)CO)c4=O)ncc3C)c(=O)c2Cl)c(F)c1. The third-order valence-electron chi connectivity index (χ3n) is 6.08. The molecule has 0 fully saturated rings. The fourth-order valence-corrected chi connectivity index (χ4v) is 4.06. The molecule has 0 aromatic carbocycles. The molecule has 194 valence electrons. The molecule has 0 saturated heterocycles. The molecule has 0 aliphatic heterocycles. The van der Waals surface area contributed by atoms with Crippen molar-refractivity contribution >= 4 is 11.6 Å². The summed E-state index contributed by atoms with van der Waals surface area (Å²) in [5.74, 6) is -0.108. The van der Waals surface area contributed by atoms with Crippen molar-refractivity contribution in [3.05, 3.63) is 97.2 Å². The average molecular weight is 528 g/mol. The third-order valence-corrected chi connectivity index (χ3v) is 6.43. The zero-order chi connectivity index (χ0) is 27.1. The number of hydrogen-bond acceptors (Lipinski definition) is 6. The largest absolute Gasteiger partial charge is 0.485 e. The second kappa shape index (κ2) is 9.95. The first-order valence-corrected chi connectivity index (χ1v) is 11.9. The number of hydrogen-bond donors (Lipinski definition) is 1. The van der Waals surface area contributed by atoms with Crippen molar-refractivity contribution in [3.63, 3.8) is 0 Å². The first-order chi connectivity index (χ1) is 17.4. The fraction of sp³-hybridized carbons (Fsp3) is 0.308.